The zero-order chi connectivity index (χ0) is 17.1. The third-order valence-electron chi connectivity index (χ3n) is 3.05. The van der Waals surface area contributed by atoms with Crippen molar-refractivity contribution in [1.82, 2.24) is 9.55 Å². The van der Waals surface area contributed by atoms with Crippen molar-refractivity contribution in [2.24, 2.45) is 7.05 Å². The molecule has 23 heavy (non-hydrogen) atoms. The van der Waals surface area contributed by atoms with Gasteiger partial charge in [0.2, 0.25) is 0 Å². The van der Waals surface area contributed by atoms with Gasteiger partial charge < -0.3 is 4.74 Å². The van der Waals surface area contributed by atoms with Gasteiger partial charge in [-0.1, -0.05) is 31.7 Å². The fourth-order valence-electron chi connectivity index (χ4n) is 1.97. The molecular formula is C15H17N3O4S. The molecule has 1 aromatic heterocycles. The van der Waals surface area contributed by atoms with Crippen molar-refractivity contribution in [1.29, 1.82) is 0 Å². The Balaban J connectivity index is 2.42. The molecule has 122 valence electrons. The number of hydrogen-bond acceptors (Lipinski definition) is 6. The Bertz CT molecular complexity index is 755. The third-order valence-corrected chi connectivity index (χ3v) is 4.22. The lowest BCUT2D eigenvalue weighted by molar-refractivity contribution is -0.385. The Hall–Kier alpha value is -2.35. The molecule has 0 aliphatic carbocycles. The summed E-state index contributed by atoms with van der Waals surface area (Å²) < 4.78 is 6.79. The quantitative estimate of drug-likeness (QED) is 0.472. The smallest absolute Gasteiger partial charge is 0.310 e. The van der Waals surface area contributed by atoms with E-state index in [1.54, 1.807) is 23.7 Å². The number of non-ortho nitro benzene ring substituents is 1. The summed E-state index contributed by atoms with van der Waals surface area (Å²) in [5.41, 5.74) is 0.809. The molecule has 0 aliphatic heterocycles. The second-order valence-electron chi connectivity index (χ2n) is 5.25. The van der Waals surface area contributed by atoms with Gasteiger partial charge in [0.05, 0.1) is 10.6 Å². The van der Waals surface area contributed by atoms with E-state index in [0.717, 1.165) is 15.6 Å². The average molecular weight is 335 g/mol. The Morgan fingerprint density at radius 2 is 2.13 bits per heavy atom. The van der Waals surface area contributed by atoms with Crippen LogP contribution in [0.1, 0.15) is 32.4 Å². The third kappa shape index (κ3) is 3.89. The molecule has 0 amide bonds. The molecule has 0 bridgehead atoms. The molecule has 0 atom stereocenters. The van der Waals surface area contributed by atoms with Gasteiger partial charge in [0.15, 0.2) is 0 Å². The summed E-state index contributed by atoms with van der Waals surface area (Å²) >= 11 is 1.35. The molecule has 0 fully saturated rings. The molecule has 0 saturated carbocycles. The molecule has 0 radical (unpaired) electrons. The minimum atomic E-state index is -0.444. The number of nitro benzene ring substituents is 1. The first kappa shape index (κ1) is 17.0. The standard InChI is InChI=1S/C15H17N3O4S/c1-9(2)13-14(17(4)15(16-13)22-10(3)19)23-12-7-5-6-11(8-12)18(20)21/h5-9H,1-4H3. The molecule has 1 heterocycles. The predicted molar refractivity (Wildman–Crippen MR) is 85.8 cm³/mol. The number of esters is 1. The van der Waals surface area contributed by atoms with Gasteiger partial charge in [-0.05, 0) is 12.0 Å². The summed E-state index contributed by atoms with van der Waals surface area (Å²) in [6.45, 7) is 5.28. The van der Waals surface area contributed by atoms with Crippen LogP contribution in [0.2, 0.25) is 0 Å². The van der Waals surface area contributed by atoms with Crippen molar-refractivity contribution in [2.45, 2.75) is 36.6 Å². The van der Waals surface area contributed by atoms with E-state index in [1.165, 1.54) is 30.8 Å². The second kappa shape index (κ2) is 6.82. The van der Waals surface area contributed by atoms with Gasteiger partial charge in [-0.2, -0.15) is 4.98 Å². The Morgan fingerprint density at radius 1 is 1.43 bits per heavy atom. The maximum absolute atomic E-state index is 11.2. The van der Waals surface area contributed by atoms with E-state index < -0.39 is 10.9 Å². The van der Waals surface area contributed by atoms with Crippen LogP contribution in [0.3, 0.4) is 0 Å². The number of hydrogen-bond donors (Lipinski definition) is 0. The summed E-state index contributed by atoms with van der Waals surface area (Å²) in [5.74, 6) is -0.327. The summed E-state index contributed by atoms with van der Waals surface area (Å²) in [5, 5.41) is 11.7. The first-order valence-electron chi connectivity index (χ1n) is 6.97. The highest BCUT2D eigenvalue weighted by Crippen LogP contribution is 2.37. The van der Waals surface area contributed by atoms with Crippen molar-refractivity contribution in [3.8, 4) is 6.01 Å². The maximum Gasteiger partial charge on any atom is 0.310 e. The Labute approximate surface area is 137 Å². The van der Waals surface area contributed by atoms with Crippen molar-refractivity contribution in [2.75, 3.05) is 0 Å². The predicted octanol–water partition coefficient (Wildman–Crippen LogP) is 3.53. The molecular weight excluding hydrogens is 318 g/mol. The highest BCUT2D eigenvalue weighted by atomic mass is 32.2. The highest BCUT2D eigenvalue weighted by molar-refractivity contribution is 7.99. The number of aromatic nitrogens is 2. The molecule has 0 aliphatic rings. The molecule has 8 heteroatoms. The van der Waals surface area contributed by atoms with Gasteiger partial charge in [-0.3, -0.25) is 19.5 Å². The van der Waals surface area contributed by atoms with Gasteiger partial charge >= 0.3 is 12.0 Å². The second-order valence-corrected chi connectivity index (χ2v) is 6.31. The van der Waals surface area contributed by atoms with Crippen LogP contribution in [0, 0.1) is 10.1 Å². The van der Waals surface area contributed by atoms with E-state index in [1.807, 2.05) is 13.8 Å². The molecule has 0 saturated heterocycles. The van der Waals surface area contributed by atoms with Crippen molar-refractivity contribution < 1.29 is 14.5 Å². The maximum atomic E-state index is 11.2. The normalized spacial score (nSPS) is 10.8. The first-order valence-corrected chi connectivity index (χ1v) is 7.78. The summed E-state index contributed by atoms with van der Waals surface area (Å²) in [4.78, 5) is 26.7. The van der Waals surface area contributed by atoms with Crippen LogP contribution in [-0.4, -0.2) is 20.4 Å². The number of rotatable bonds is 5. The van der Waals surface area contributed by atoms with Gasteiger partial charge in [-0.25, -0.2) is 0 Å². The number of carbonyl (C=O) groups is 1. The monoisotopic (exact) mass is 335 g/mol. The van der Waals surface area contributed by atoms with E-state index in [0.29, 0.717) is 0 Å². The Morgan fingerprint density at radius 3 is 2.70 bits per heavy atom. The average Bonchev–Trinajstić information content (AvgIpc) is 2.76. The SMILES string of the molecule is CC(=O)Oc1nc(C(C)C)c(Sc2cccc([N+](=O)[O-])c2)n1C. The van der Waals surface area contributed by atoms with Crippen molar-refractivity contribution >= 4 is 23.4 Å². The largest absolute Gasteiger partial charge is 0.392 e. The van der Waals surface area contributed by atoms with Gasteiger partial charge in [0.1, 0.15) is 5.03 Å². The zero-order valence-corrected chi connectivity index (χ0v) is 14.1. The lowest BCUT2D eigenvalue weighted by Gasteiger charge is -2.08. The van der Waals surface area contributed by atoms with Crippen LogP contribution in [0.25, 0.3) is 0 Å². The fraction of sp³-hybridized carbons (Fsp3) is 0.333. The number of carbonyl (C=O) groups excluding carboxylic acids is 1. The number of nitro groups is 1. The van der Waals surface area contributed by atoms with E-state index >= 15 is 0 Å². The summed E-state index contributed by atoms with van der Waals surface area (Å²) in [6.07, 6.45) is 0. The van der Waals surface area contributed by atoms with E-state index in [9.17, 15) is 14.9 Å². The zero-order valence-electron chi connectivity index (χ0n) is 13.3. The molecule has 0 spiro atoms. The van der Waals surface area contributed by atoms with E-state index in [4.69, 9.17) is 4.74 Å². The van der Waals surface area contributed by atoms with Gasteiger partial charge in [0.25, 0.3) is 5.69 Å². The minimum Gasteiger partial charge on any atom is -0.392 e. The molecule has 0 unspecified atom stereocenters. The minimum absolute atomic E-state index is 0.0310. The molecule has 0 N–H and O–H groups in total. The summed E-state index contributed by atoms with van der Waals surface area (Å²) in [6, 6.07) is 6.60. The van der Waals surface area contributed by atoms with Crippen LogP contribution in [0.4, 0.5) is 5.69 Å². The van der Waals surface area contributed by atoms with Crippen molar-refractivity contribution in [3.63, 3.8) is 0 Å². The fourth-order valence-corrected chi connectivity index (χ4v) is 3.12. The lowest BCUT2D eigenvalue weighted by atomic mass is 10.2. The van der Waals surface area contributed by atoms with Gasteiger partial charge in [0, 0.05) is 31.0 Å². The van der Waals surface area contributed by atoms with E-state index in [-0.39, 0.29) is 17.6 Å². The molecule has 7 nitrogen and oxygen atoms in total. The van der Waals surface area contributed by atoms with Crippen LogP contribution >= 0.6 is 11.8 Å². The lowest BCUT2D eigenvalue weighted by Crippen LogP contribution is -2.06. The molecule has 2 rings (SSSR count). The number of imidazole rings is 1. The number of nitrogens with zero attached hydrogens (tertiary/aromatic N) is 3. The number of benzene rings is 1. The highest BCUT2D eigenvalue weighted by Gasteiger charge is 2.21. The molecule has 1 aromatic carbocycles. The number of ether oxygens (including phenoxy) is 1. The van der Waals surface area contributed by atoms with Crippen LogP contribution < -0.4 is 4.74 Å². The topological polar surface area (TPSA) is 87.3 Å². The van der Waals surface area contributed by atoms with Crippen LogP contribution in [0.15, 0.2) is 34.2 Å². The van der Waals surface area contributed by atoms with Gasteiger partial charge in [-0.15, -0.1) is 0 Å². The van der Waals surface area contributed by atoms with Crippen molar-refractivity contribution in [3.05, 3.63) is 40.1 Å². The van der Waals surface area contributed by atoms with Crippen LogP contribution in [0.5, 0.6) is 6.01 Å². The molecule has 2 aromatic rings. The van der Waals surface area contributed by atoms with E-state index in [2.05, 4.69) is 4.98 Å². The Kier molecular flexibility index (Phi) is 5.05. The first-order chi connectivity index (χ1) is 10.8. The van der Waals surface area contributed by atoms with Crippen LogP contribution in [-0.2, 0) is 11.8 Å². The summed E-state index contributed by atoms with van der Waals surface area (Å²) in [7, 11) is 1.75.